The van der Waals surface area contributed by atoms with Crippen LogP contribution in [-0.2, 0) is 11.3 Å². The molecule has 0 aliphatic carbocycles. The van der Waals surface area contributed by atoms with E-state index >= 15 is 0 Å². The van der Waals surface area contributed by atoms with Crippen molar-refractivity contribution in [1.82, 2.24) is 25.8 Å². The number of rotatable bonds is 6. The maximum Gasteiger partial charge on any atom is 0.291 e. The Morgan fingerprint density at radius 3 is 2.52 bits per heavy atom. The lowest BCUT2D eigenvalue weighted by atomic mass is 10.1. The molecule has 8 heteroatoms. The molecule has 156 valence electrons. The van der Waals surface area contributed by atoms with Crippen molar-refractivity contribution in [1.29, 1.82) is 0 Å². The van der Waals surface area contributed by atoms with Gasteiger partial charge in [-0.2, -0.15) is 0 Å². The van der Waals surface area contributed by atoms with Gasteiger partial charge in [0.25, 0.3) is 11.8 Å². The van der Waals surface area contributed by atoms with Crippen molar-refractivity contribution in [2.24, 2.45) is 0 Å². The highest BCUT2D eigenvalue weighted by molar-refractivity contribution is 5.93. The zero-order chi connectivity index (χ0) is 21.6. The molecule has 4 aromatic rings. The van der Waals surface area contributed by atoms with Crippen LogP contribution in [0, 0.1) is 0 Å². The standard InChI is InChI=1S/C23H21N5O3/c1-16(31-20-12-11-18-9-5-6-10-19(18)13-20)22(29)25-26-23(30)21-15-28(27-24-21)14-17-7-3-2-4-8-17/h2-13,15-16H,14H2,1H3,(H,25,29)(H,26,30)/t16-/m1/s1. The lowest BCUT2D eigenvalue weighted by Crippen LogP contribution is -2.47. The Labute approximate surface area is 178 Å². The average Bonchev–Trinajstić information content (AvgIpc) is 3.26. The number of fused-ring (bicyclic) bond motifs is 1. The minimum absolute atomic E-state index is 0.0966. The summed E-state index contributed by atoms with van der Waals surface area (Å²) in [5.74, 6) is -0.486. The first-order valence-corrected chi connectivity index (χ1v) is 9.78. The van der Waals surface area contributed by atoms with E-state index in [-0.39, 0.29) is 5.69 Å². The lowest BCUT2D eigenvalue weighted by molar-refractivity contribution is -0.128. The van der Waals surface area contributed by atoms with Gasteiger partial charge in [-0.1, -0.05) is 65.9 Å². The SMILES string of the molecule is C[C@@H](Oc1ccc2ccccc2c1)C(=O)NNC(=O)c1cn(Cc2ccccc2)nn1. The summed E-state index contributed by atoms with van der Waals surface area (Å²) in [4.78, 5) is 24.6. The first-order chi connectivity index (χ1) is 15.1. The Morgan fingerprint density at radius 1 is 0.968 bits per heavy atom. The van der Waals surface area contributed by atoms with E-state index in [0.717, 1.165) is 16.3 Å². The van der Waals surface area contributed by atoms with Gasteiger partial charge in [0, 0.05) is 0 Å². The summed E-state index contributed by atoms with van der Waals surface area (Å²) < 4.78 is 7.25. The number of amides is 2. The molecule has 2 amide bonds. The van der Waals surface area contributed by atoms with Crippen LogP contribution in [0.2, 0.25) is 0 Å². The summed E-state index contributed by atoms with van der Waals surface area (Å²) in [6.45, 7) is 2.09. The van der Waals surface area contributed by atoms with E-state index in [1.54, 1.807) is 17.7 Å². The summed E-state index contributed by atoms with van der Waals surface area (Å²) in [5.41, 5.74) is 5.83. The van der Waals surface area contributed by atoms with Crippen LogP contribution < -0.4 is 15.6 Å². The number of nitrogens with one attached hydrogen (secondary N) is 2. The molecule has 0 unspecified atom stereocenters. The second kappa shape index (κ2) is 9.08. The number of hydrazine groups is 1. The van der Waals surface area contributed by atoms with Gasteiger partial charge in [-0.05, 0) is 35.4 Å². The van der Waals surface area contributed by atoms with Gasteiger partial charge in [-0.15, -0.1) is 5.10 Å². The largest absolute Gasteiger partial charge is 0.481 e. The number of nitrogens with zero attached hydrogens (tertiary/aromatic N) is 3. The molecule has 2 N–H and O–H groups in total. The van der Waals surface area contributed by atoms with E-state index in [1.807, 2.05) is 66.7 Å². The van der Waals surface area contributed by atoms with Crippen LogP contribution in [0.4, 0.5) is 0 Å². The molecule has 0 saturated carbocycles. The van der Waals surface area contributed by atoms with Crippen LogP contribution in [0.5, 0.6) is 5.75 Å². The molecule has 0 aliphatic rings. The highest BCUT2D eigenvalue weighted by Gasteiger charge is 2.17. The molecule has 0 saturated heterocycles. The van der Waals surface area contributed by atoms with Gasteiger partial charge in [0.15, 0.2) is 11.8 Å². The Bertz CT molecular complexity index is 1210. The molecule has 31 heavy (non-hydrogen) atoms. The quantitative estimate of drug-likeness (QED) is 0.472. The number of ether oxygens (including phenoxy) is 1. The van der Waals surface area contributed by atoms with Crippen LogP contribution >= 0.6 is 0 Å². The Kier molecular flexibility index (Phi) is 5.89. The van der Waals surface area contributed by atoms with Crippen molar-refractivity contribution < 1.29 is 14.3 Å². The number of benzene rings is 3. The zero-order valence-electron chi connectivity index (χ0n) is 16.9. The summed E-state index contributed by atoms with van der Waals surface area (Å²) in [7, 11) is 0. The number of hydrogen-bond donors (Lipinski definition) is 2. The molecule has 4 rings (SSSR count). The number of hydrogen-bond acceptors (Lipinski definition) is 5. The average molecular weight is 415 g/mol. The van der Waals surface area contributed by atoms with Crippen molar-refractivity contribution in [3.8, 4) is 5.75 Å². The molecule has 0 fully saturated rings. The summed E-state index contributed by atoms with van der Waals surface area (Å²) in [6, 6.07) is 23.2. The van der Waals surface area contributed by atoms with Crippen molar-refractivity contribution in [2.45, 2.75) is 19.6 Å². The molecular formula is C23H21N5O3. The fourth-order valence-electron chi connectivity index (χ4n) is 3.03. The molecule has 0 radical (unpaired) electrons. The molecule has 0 aliphatic heterocycles. The van der Waals surface area contributed by atoms with Crippen molar-refractivity contribution in [2.75, 3.05) is 0 Å². The second-order valence-corrected chi connectivity index (χ2v) is 7.00. The highest BCUT2D eigenvalue weighted by Crippen LogP contribution is 2.21. The van der Waals surface area contributed by atoms with Crippen LogP contribution in [0.3, 0.4) is 0 Å². The second-order valence-electron chi connectivity index (χ2n) is 7.00. The Morgan fingerprint density at radius 2 is 1.71 bits per heavy atom. The van der Waals surface area contributed by atoms with Gasteiger partial charge >= 0.3 is 0 Å². The number of aromatic nitrogens is 3. The minimum atomic E-state index is -0.810. The fourth-order valence-corrected chi connectivity index (χ4v) is 3.03. The molecule has 0 spiro atoms. The predicted molar refractivity (Wildman–Crippen MR) is 115 cm³/mol. The van der Waals surface area contributed by atoms with Gasteiger partial charge in [0.1, 0.15) is 5.75 Å². The van der Waals surface area contributed by atoms with Gasteiger partial charge in [0.2, 0.25) is 0 Å². The topological polar surface area (TPSA) is 98.1 Å². The van der Waals surface area contributed by atoms with Crippen LogP contribution in [-0.4, -0.2) is 32.9 Å². The minimum Gasteiger partial charge on any atom is -0.481 e. The lowest BCUT2D eigenvalue weighted by Gasteiger charge is -2.15. The molecule has 1 atom stereocenters. The van der Waals surface area contributed by atoms with Crippen LogP contribution in [0.25, 0.3) is 10.8 Å². The van der Waals surface area contributed by atoms with Crippen LogP contribution in [0.15, 0.2) is 79.0 Å². The van der Waals surface area contributed by atoms with E-state index in [9.17, 15) is 9.59 Å². The van der Waals surface area contributed by atoms with Crippen molar-refractivity contribution in [3.05, 3.63) is 90.3 Å². The van der Waals surface area contributed by atoms with E-state index < -0.39 is 17.9 Å². The first-order valence-electron chi connectivity index (χ1n) is 9.78. The fraction of sp³-hybridized carbons (Fsp3) is 0.130. The third kappa shape index (κ3) is 5.05. The third-order valence-electron chi connectivity index (χ3n) is 4.66. The van der Waals surface area contributed by atoms with Gasteiger partial charge < -0.3 is 4.74 Å². The van der Waals surface area contributed by atoms with E-state index in [0.29, 0.717) is 12.3 Å². The van der Waals surface area contributed by atoms with E-state index in [4.69, 9.17) is 4.74 Å². The summed E-state index contributed by atoms with van der Waals surface area (Å²) >= 11 is 0. The van der Waals surface area contributed by atoms with Gasteiger partial charge in [0.05, 0.1) is 12.7 Å². The smallest absolute Gasteiger partial charge is 0.291 e. The maximum absolute atomic E-state index is 12.3. The van der Waals surface area contributed by atoms with Crippen LogP contribution in [0.1, 0.15) is 23.0 Å². The molecular weight excluding hydrogens is 394 g/mol. The van der Waals surface area contributed by atoms with Crippen molar-refractivity contribution >= 4 is 22.6 Å². The number of carbonyl (C=O) groups is 2. The zero-order valence-corrected chi connectivity index (χ0v) is 16.9. The molecule has 3 aromatic carbocycles. The molecule has 1 heterocycles. The predicted octanol–water partition coefficient (Wildman–Crippen LogP) is 2.71. The summed E-state index contributed by atoms with van der Waals surface area (Å²) in [5, 5.41) is 9.89. The first kappa shape index (κ1) is 20.1. The third-order valence-corrected chi connectivity index (χ3v) is 4.66. The molecule has 0 bridgehead atoms. The Hall–Kier alpha value is -4.20. The Balaban J connectivity index is 1.30. The summed E-state index contributed by atoms with van der Waals surface area (Å²) in [6.07, 6.45) is 0.707. The normalized spacial score (nSPS) is 11.6. The molecule has 1 aromatic heterocycles. The number of carbonyl (C=O) groups excluding carboxylic acids is 2. The highest BCUT2D eigenvalue weighted by atomic mass is 16.5. The monoisotopic (exact) mass is 415 g/mol. The van der Waals surface area contributed by atoms with E-state index in [2.05, 4.69) is 21.2 Å². The van der Waals surface area contributed by atoms with Gasteiger partial charge in [-0.3, -0.25) is 20.4 Å². The van der Waals surface area contributed by atoms with Gasteiger partial charge in [-0.25, -0.2) is 4.68 Å². The van der Waals surface area contributed by atoms with E-state index in [1.165, 1.54) is 6.20 Å². The molecule has 8 nitrogen and oxygen atoms in total. The maximum atomic E-state index is 12.3. The van der Waals surface area contributed by atoms with Crippen molar-refractivity contribution in [3.63, 3.8) is 0 Å².